The van der Waals surface area contributed by atoms with Gasteiger partial charge in [0.05, 0.1) is 22.4 Å². The van der Waals surface area contributed by atoms with E-state index >= 15 is 0 Å². The molecule has 8 aromatic rings. The highest BCUT2D eigenvalue weighted by Crippen LogP contribution is 2.39. The number of hydrogen-bond acceptors (Lipinski definition) is 14. The predicted octanol–water partition coefficient (Wildman–Crippen LogP) is 14.5. The minimum absolute atomic E-state index is 0. The fourth-order valence-electron chi connectivity index (χ4n) is 11.0. The van der Waals surface area contributed by atoms with Gasteiger partial charge in [0.1, 0.15) is 46.3 Å². The van der Waals surface area contributed by atoms with Gasteiger partial charge in [0.2, 0.25) is 0 Å². The summed E-state index contributed by atoms with van der Waals surface area (Å²) in [6, 6.07) is 34.2. The monoisotopic (exact) mass is 1160 g/mol. The fourth-order valence-corrected chi connectivity index (χ4v) is 11.0. The summed E-state index contributed by atoms with van der Waals surface area (Å²) >= 11 is 0. The molecule has 2 aliphatic rings. The van der Waals surface area contributed by atoms with E-state index in [1.54, 1.807) is 0 Å². The van der Waals surface area contributed by atoms with Crippen LogP contribution in [0.1, 0.15) is 131 Å². The van der Waals surface area contributed by atoms with Crippen molar-refractivity contribution in [2.24, 2.45) is 0 Å². The average Bonchev–Trinajstić information content (AvgIpc) is 1.86. The van der Waals surface area contributed by atoms with Crippen molar-refractivity contribution < 1.29 is 26.3 Å². The van der Waals surface area contributed by atoms with E-state index in [4.69, 9.17) is 9.97 Å². The Morgan fingerprint density at radius 3 is 1.21 bits per heavy atom. The number of nitrogens with one attached hydrogen (secondary N) is 4. The van der Waals surface area contributed by atoms with Crippen LogP contribution in [-0.4, -0.2) is 79.2 Å². The minimum atomic E-state index is -4.52. The molecule has 4 aromatic carbocycles. The minimum Gasteiger partial charge on any atom is -0.370 e. The molecule has 0 aliphatic carbocycles. The van der Waals surface area contributed by atoms with Gasteiger partial charge < -0.3 is 31.1 Å². The second kappa shape index (κ2) is 25.8. The number of aryl methyl sites for hydroxylation is 2. The Labute approximate surface area is 493 Å². The van der Waals surface area contributed by atoms with Crippen LogP contribution in [0.25, 0.3) is 21.8 Å². The number of nitriles is 2. The molecule has 0 saturated carbocycles. The fraction of sp³-hybridized carbons (Fsp3) is 0.385. The van der Waals surface area contributed by atoms with Crippen LogP contribution < -0.4 is 31.1 Å². The Morgan fingerprint density at radius 1 is 0.518 bits per heavy atom. The summed E-state index contributed by atoms with van der Waals surface area (Å²) < 4.78 is 78.6. The molecule has 0 amide bonds. The zero-order chi connectivity index (χ0) is 60.1. The quantitative estimate of drug-likeness (QED) is 0.0849. The third-order valence-electron chi connectivity index (χ3n) is 14.7. The molecular weight excluding hydrogens is 1090 g/mol. The van der Waals surface area contributed by atoms with Crippen LogP contribution in [-0.2, 0) is 25.2 Å². The summed E-state index contributed by atoms with van der Waals surface area (Å²) in [5.74, 6) is 1.13. The SMILES string of the molecule is C.Cc1cc(Nc2nc3ccccc3c(N3CCC(NC(C)(C)C)CC3)c2C#N)ccc1Cc1nccc(C(F)(F)F)n1.Cc1cc(Nc2nc3ccccc3c(N3CCC(NC(C)(C)C)CC3)c2C#N)ccc1Cc1nccc(C(F)(F)F)n1. The van der Waals surface area contributed by atoms with Crippen LogP contribution in [0.15, 0.2) is 109 Å². The normalized spacial score (nSPS) is 14.5. The summed E-state index contributed by atoms with van der Waals surface area (Å²) in [6.45, 7) is 20.1. The maximum Gasteiger partial charge on any atom is 0.433 e. The molecule has 2 fully saturated rings. The van der Waals surface area contributed by atoms with E-state index < -0.39 is 23.7 Å². The lowest BCUT2D eigenvalue weighted by atomic mass is 9.98. The summed E-state index contributed by atoms with van der Waals surface area (Å²) in [5, 5.41) is 36.7. The maximum atomic E-state index is 13.1. The van der Waals surface area contributed by atoms with E-state index in [9.17, 15) is 36.9 Å². The summed E-state index contributed by atoms with van der Waals surface area (Å²) in [4.78, 5) is 29.6. The van der Waals surface area contributed by atoms with Crippen LogP contribution in [0, 0.1) is 36.5 Å². The topological polar surface area (TPSA) is 180 Å². The van der Waals surface area contributed by atoms with Crippen molar-refractivity contribution in [3.05, 3.63) is 166 Å². The Balaban J connectivity index is 0.000000219. The van der Waals surface area contributed by atoms with Crippen LogP contribution >= 0.6 is 0 Å². The van der Waals surface area contributed by atoms with Crippen LogP contribution in [0.3, 0.4) is 0 Å². The van der Waals surface area contributed by atoms with Crippen molar-refractivity contribution in [1.29, 1.82) is 10.5 Å². The molecule has 0 radical (unpaired) electrons. The Bertz CT molecular complexity index is 3500. The van der Waals surface area contributed by atoms with Crippen molar-refractivity contribution in [3.8, 4) is 12.1 Å². The van der Waals surface area contributed by atoms with Gasteiger partial charge in [-0.05, 0) is 152 Å². The molecule has 0 atom stereocenters. The van der Waals surface area contributed by atoms with Gasteiger partial charge in [-0.2, -0.15) is 36.9 Å². The van der Waals surface area contributed by atoms with Crippen LogP contribution in [0.5, 0.6) is 0 Å². The van der Waals surface area contributed by atoms with Crippen molar-refractivity contribution >= 4 is 56.2 Å². The molecule has 2 aliphatic heterocycles. The molecule has 0 unspecified atom stereocenters. The first kappa shape index (κ1) is 62.6. The lowest BCUT2D eigenvalue weighted by molar-refractivity contribution is -0.142. The third-order valence-corrected chi connectivity index (χ3v) is 14.7. The van der Waals surface area contributed by atoms with E-state index in [-0.39, 0.29) is 43.0 Å². The summed E-state index contributed by atoms with van der Waals surface area (Å²) in [7, 11) is 0. The number of halogens is 6. The molecular formula is C65H72F6N14. The summed E-state index contributed by atoms with van der Waals surface area (Å²) in [6.07, 6.45) is -2.58. The lowest BCUT2D eigenvalue weighted by Crippen LogP contribution is -2.49. The predicted molar refractivity (Wildman–Crippen MR) is 324 cm³/mol. The average molecular weight is 1160 g/mol. The van der Waals surface area contributed by atoms with E-state index in [2.05, 4.69) is 105 Å². The number of benzene rings is 4. The number of fused-ring (bicyclic) bond motifs is 2. The number of alkyl halides is 6. The van der Waals surface area contributed by atoms with Gasteiger partial charge in [0, 0.05) is 96.7 Å². The molecule has 4 aromatic heterocycles. The highest BCUT2D eigenvalue weighted by Gasteiger charge is 2.34. The molecule has 444 valence electrons. The molecule has 85 heavy (non-hydrogen) atoms. The van der Waals surface area contributed by atoms with Gasteiger partial charge in [-0.25, -0.2) is 29.9 Å². The van der Waals surface area contributed by atoms with Gasteiger partial charge in [-0.15, -0.1) is 0 Å². The number of nitrogens with zero attached hydrogens (tertiary/aromatic N) is 10. The zero-order valence-corrected chi connectivity index (χ0v) is 48.4. The van der Waals surface area contributed by atoms with Gasteiger partial charge in [-0.1, -0.05) is 56.0 Å². The van der Waals surface area contributed by atoms with E-state index in [1.807, 2.05) is 98.8 Å². The van der Waals surface area contributed by atoms with Crippen molar-refractivity contribution in [3.63, 3.8) is 0 Å². The molecule has 20 heteroatoms. The molecule has 0 spiro atoms. The number of para-hydroxylation sites is 2. The highest BCUT2D eigenvalue weighted by molar-refractivity contribution is 5.99. The van der Waals surface area contributed by atoms with E-state index in [0.29, 0.717) is 34.8 Å². The first-order valence-electron chi connectivity index (χ1n) is 28.0. The maximum absolute atomic E-state index is 13.1. The second-order valence-corrected chi connectivity index (χ2v) is 23.5. The number of pyridine rings is 2. The van der Waals surface area contributed by atoms with Gasteiger partial charge in [0.25, 0.3) is 0 Å². The Kier molecular flexibility index (Phi) is 19.0. The Morgan fingerprint density at radius 2 is 0.882 bits per heavy atom. The molecule has 6 heterocycles. The second-order valence-electron chi connectivity index (χ2n) is 23.5. The third kappa shape index (κ3) is 15.7. The number of anilines is 6. The molecule has 10 rings (SSSR count). The molecule has 14 nitrogen and oxygen atoms in total. The zero-order valence-electron chi connectivity index (χ0n) is 48.4. The van der Waals surface area contributed by atoms with Crippen LogP contribution in [0.2, 0.25) is 0 Å². The Hall–Kier alpha value is -8.46. The number of rotatable bonds is 12. The highest BCUT2D eigenvalue weighted by atomic mass is 19.4. The number of piperidine rings is 2. The largest absolute Gasteiger partial charge is 0.433 e. The van der Waals surface area contributed by atoms with E-state index in [0.717, 1.165) is 143 Å². The van der Waals surface area contributed by atoms with Gasteiger partial charge in [0.15, 0.2) is 11.6 Å². The molecule has 4 N–H and O–H groups in total. The van der Waals surface area contributed by atoms with Crippen molar-refractivity contribution in [2.75, 3.05) is 46.6 Å². The lowest BCUT2D eigenvalue weighted by Gasteiger charge is -2.38. The first-order chi connectivity index (χ1) is 39.8. The van der Waals surface area contributed by atoms with Crippen molar-refractivity contribution in [2.45, 2.75) is 137 Å². The van der Waals surface area contributed by atoms with Crippen molar-refractivity contribution in [1.82, 2.24) is 40.5 Å². The van der Waals surface area contributed by atoms with Gasteiger partial charge >= 0.3 is 12.4 Å². The summed E-state index contributed by atoms with van der Waals surface area (Å²) in [5.41, 5.74) is 7.24. The number of aromatic nitrogens is 6. The van der Waals surface area contributed by atoms with Gasteiger partial charge in [-0.3, -0.25) is 0 Å². The standard InChI is InChI=1S/2C32H34F3N7.CH4/c2*1-20-17-23(10-9-21(20)18-28-37-14-11-27(40-28)32(33,34)35)38-30-25(19-36)29(24-7-5-6-8-26(24)39-30)42-15-12-22(13-16-42)41-31(2,3)4;/h2*5-11,14,17,22,41H,12-13,15-16,18H2,1-4H3,(H,38,39);1H4. The van der Waals surface area contributed by atoms with Crippen LogP contribution in [0.4, 0.5) is 60.7 Å². The first-order valence-corrected chi connectivity index (χ1v) is 28.0. The molecule has 2 saturated heterocycles. The smallest absolute Gasteiger partial charge is 0.370 e. The number of hydrogen-bond donors (Lipinski definition) is 4. The van der Waals surface area contributed by atoms with E-state index in [1.165, 1.54) is 0 Å². The molecule has 0 bridgehead atoms.